The van der Waals surface area contributed by atoms with E-state index in [0.717, 1.165) is 55.4 Å². The fourth-order valence-electron chi connectivity index (χ4n) is 3.35. The van der Waals surface area contributed by atoms with Gasteiger partial charge in [0.15, 0.2) is 0 Å². The van der Waals surface area contributed by atoms with Crippen molar-refractivity contribution in [2.24, 2.45) is 5.41 Å². The molecule has 1 aromatic rings. The van der Waals surface area contributed by atoms with Gasteiger partial charge in [0.2, 0.25) is 5.91 Å². The first-order chi connectivity index (χ1) is 9.51. The van der Waals surface area contributed by atoms with Crippen LogP contribution in [-0.4, -0.2) is 17.0 Å². The SMILES string of the molecule is CC1(C(=O)Nc2sc3c(c2C(=O)O)CCC3)CCCC1. The summed E-state index contributed by atoms with van der Waals surface area (Å²) in [6.07, 6.45) is 6.73. The number of carboxylic acid groups (broad SMARTS) is 1. The highest BCUT2D eigenvalue weighted by molar-refractivity contribution is 7.17. The Morgan fingerprint density at radius 1 is 1.20 bits per heavy atom. The number of carbonyl (C=O) groups excluding carboxylic acids is 1. The minimum Gasteiger partial charge on any atom is -0.478 e. The van der Waals surface area contributed by atoms with Crippen molar-refractivity contribution < 1.29 is 14.7 Å². The van der Waals surface area contributed by atoms with Crippen molar-refractivity contribution in [3.63, 3.8) is 0 Å². The van der Waals surface area contributed by atoms with Crippen LogP contribution in [-0.2, 0) is 17.6 Å². The molecule has 1 saturated carbocycles. The molecule has 0 radical (unpaired) electrons. The number of rotatable bonds is 3. The molecule has 0 bridgehead atoms. The zero-order valence-corrected chi connectivity index (χ0v) is 12.4. The highest BCUT2D eigenvalue weighted by Gasteiger charge is 2.37. The molecule has 1 fully saturated rings. The largest absolute Gasteiger partial charge is 0.478 e. The number of carbonyl (C=O) groups is 2. The van der Waals surface area contributed by atoms with Gasteiger partial charge >= 0.3 is 5.97 Å². The summed E-state index contributed by atoms with van der Waals surface area (Å²) in [4.78, 5) is 25.1. The first kappa shape index (κ1) is 13.6. The second-order valence-corrected chi connectivity index (χ2v) is 7.19. The van der Waals surface area contributed by atoms with Crippen LogP contribution >= 0.6 is 11.3 Å². The molecule has 108 valence electrons. The Kier molecular flexibility index (Phi) is 3.32. The van der Waals surface area contributed by atoms with E-state index in [9.17, 15) is 14.7 Å². The highest BCUT2D eigenvalue weighted by Crippen LogP contribution is 2.42. The summed E-state index contributed by atoms with van der Waals surface area (Å²) in [5.41, 5.74) is 0.941. The van der Waals surface area contributed by atoms with Gasteiger partial charge in [0.25, 0.3) is 0 Å². The van der Waals surface area contributed by atoms with Crippen LogP contribution < -0.4 is 5.32 Å². The maximum absolute atomic E-state index is 12.4. The number of aryl methyl sites for hydroxylation is 1. The summed E-state index contributed by atoms with van der Waals surface area (Å²) in [5, 5.41) is 12.9. The molecule has 0 aliphatic heterocycles. The lowest BCUT2D eigenvalue weighted by atomic mass is 9.88. The average molecular weight is 293 g/mol. The number of aromatic carboxylic acids is 1. The standard InChI is InChI=1S/C15H19NO3S/c1-15(7-2-3-8-15)14(19)16-12-11(13(17)18)9-5-4-6-10(9)20-12/h2-8H2,1H3,(H,16,19)(H,17,18). The van der Waals surface area contributed by atoms with Gasteiger partial charge in [-0.05, 0) is 37.7 Å². The Morgan fingerprint density at radius 2 is 1.90 bits per heavy atom. The molecular weight excluding hydrogens is 274 g/mol. The second-order valence-electron chi connectivity index (χ2n) is 6.09. The molecule has 4 nitrogen and oxygen atoms in total. The molecule has 5 heteroatoms. The van der Waals surface area contributed by atoms with Crippen LogP contribution in [0.5, 0.6) is 0 Å². The number of hydrogen-bond acceptors (Lipinski definition) is 3. The first-order valence-corrected chi connectivity index (χ1v) is 8.02. The van der Waals surface area contributed by atoms with Crippen LogP contribution in [0.3, 0.4) is 0 Å². The molecule has 1 amide bonds. The Morgan fingerprint density at radius 3 is 2.55 bits per heavy atom. The third-order valence-corrected chi connectivity index (χ3v) is 5.82. The van der Waals surface area contributed by atoms with E-state index >= 15 is 0 Å². The number of carboxylic acids is 1. The van der Waals surface area contributed by atoms with Gasteiger partial charge in [-0.15, -0.1) is 11.3 Å². The zero-order chi connectivity index (χ0) is 14.3. The second kappa shape index (κ2) is 4.88. The van der Waals surface area contributed by atoms with Crippen LogP contribution in [0.25, 0.3) is 0 Å². The van der Waals surface area contributed by atoms with Crippen molar-refractivity contribution in [2.75, 3.05) is 5.32 Å². The highest BCUT2D eigenvalue weighted by atomic mass is 32.1. The van der Waals surface area contributed by atoms with Crippen LogP contribution in [0.15, 0.2) is 0 Å². The number of hydrogen-bond donors (Lipinski definition) is 2. The van der Waals surface area contributed by atoms with Crippen molar-refractivity contribution in [3.05, 3.63) is 16.0 Å². The van der Waals surface area contributed by atoms with Gasteiger partial charge in [-0.25, -0.2) is 4.79 Å². The van der Waals surface area contributed by atoms with Crippen molar-refractivity contribution in [1.29, 1.82) is 0 Å². The third-order valence-electron chi connectivity index (χ3n) is 4.62. The quantitative estimate of drug-likeness (QED) is 0.897. The monoisotopic (exact) mass is 293 g/mol. The van der Waals surface area contributed by atoms with Gasteiger partial charge in [-0.3, -0.25) is 4.79 Å². The number of nitrogens with one attached hydrogen (secondary N) is 1. The van der Waals surface area contributed by atoms with Crippen molar-refractivity contribution >= 4 is 28.2 Å². The van der Waals surface area contributed by atoms with Crippen molar-refractivity contribution in [3.8, 4) is 0 Å². The molecule has 0 aromatic carbocycles. The molecular formula is C15H19NO3S. The number of fused-ring (bicyclic) bond motifs is 1. The smallest absolute Gasteiger partial charge is 0.339 e. The molecule has 1 aromatic heterocycles. The van der Waals surface area contributed by atoms with E-state index in [2.05, 4.69) is 5.32 Å². The van der Waals surface area contributed by atoms with Gasteiger partial charge in [0, 0.05) is 10.3 Å². The molecule has 2 N–H and O–H groups in total. The lowest BCUT2D eigenvalue weighted by Gasteiger charge is -2.22. The summed E-state index contributed by atoms with van der Waals surface area (Å²) < 4.78 is 0. The molecule has 3 rings (SSSR count). The van der Waals surface area contributed by atoms with E-state index in [1.165, 1.54) is 11.3 Å². The number of amides is 1. The van der Waals surface area contributed by atoms with Crippen LogP contribution in [0.1, 0.15) is 59.8 Å². The van der Waals surface area contributed by atoms with Gasteiger partial charge < -0.3 is 10.4 Å². The molecule has 2 aliphatic carbocycles. The van der Waals surface area contributed by atoms with E-state index in [1.807, 2.05) is 6.92 Å². The maximum atomic E-state index is 12.4. The zero-order valence-electron chi connectivity index (χ0n) is 11.6. The van der Waals surface area contributed by atoms with E-state index in [1.54, 1.807) is 0 Å². The predicted octanol–water partition coefficient (Wildman–Crippen LogP) is 3.45. The molecule has 1 heterocycles. The van der Waals surface area contributed by atoms with E-state index in [-0.39, 0.29) is 11.3 Å². The van der Waals surface area contributed by atoms with E-state index in [4.69, 9.17) is 0 Å². The average Bonchev–Trinajstić information content (AvgIpc) is 3.04. The molecule has 0 atom stereocenters. The molecule has 2 aliphatic rings. The fourth-order valence-corrected chi connectivity index (χ4v) is 4.63. The fraction of sp³-hybridized carbons (Fsp3) is 0.600. The predicted molar refractivity (Wildman–Crippen MR) is 78.5 cm³/mol. The number of anilines is 1. The molecule has 20 heavy (non-hydrogen) atoms. The van der Waals surface area contributed by atoms with Crippen LogP contribution in [0.2, 0.25) is 0 Å². The summed E-state index contributed by atoms with van der Waals surface area (Å²) in [6, 6.07) is 0. The van der Waals surface area contributed by atoms with Crippen LogP contribution in [0, 0.1) is 5.41 Å². The Balaban J connectivity index is 1.88. The Hall–Kier alpha value is -1.36. The summed E-state index contributed by atoms with van der Waals surface area (Å²) in [7, 11) is 0. The maximum Gasteiger partial charge on any atom is 0.339 e. The molecule has 0 unspecified atom stereocenters. The normalized spacial score (nSPS) is 19.9. The minimum absolute atomic E-state index is 0.0163. The number of thiophene rings is 1. The van der Waals surface area contributed by atoms with Crippen molar-refractivity contribution in [1.82, 2.24) is 0 Å². The molecule has 0 saturated heterocycles. The lowest BCUT2D eigenvalue weighted by Crippen LogP contribution is -2.31. The Labute approximate surface area is 122 Å². The summed E-state index contributed by atoms with van der Waals surface area (Å²) in [6.45, 7) is 1.98. The lowest BCUT2D eigenvalue weighted by molar-refractivity contribution is -0.124. The van der Waals surface area contributed by atoms with Gasteiger partial charge in [0.1, 0.15) is 5.00 Å². The van der Waals surface area contributed by atoms with Crippen molar-refractivity contribution in [2.45, 2.75) is 51.9 Å². The van der Waals surface area contributed by atoms with Crippen LogP contribution in [0.4, 0.5) is 5.00 Å². The van der Waals surface area contributed by atoms with Gasteiger partial charge in [0.05, 0.1) is 5.56 Å². The van der Waals surface area contributed by atoms with E-state index < -0.39 is 5.97 Å². The summed E-state index contributed by atoms with van der Waals surface area (Å²) in [5.74, 6) is -0.936. The molecule has 0 spiro atoms. The van der Waals surface area contributed by atoms with Gasteiger partial charge in [-0.2, -0.15) is 0 Å². The van der Waals surface area contributed by atoms with E-state index in [0.29, 0.717) is 10.6 Å². The topological polar surface area (TPSA) is 66.4 Å². The summed E-state index contributed by atoms with van der Waals surface area (Å²) >= 11 is 1.45. The minimum atomic E-state index is -0.920. The Bertz CT molecular complexity index is 570. The van der Waals surface area contributed by atoms with Gasteiger partial charge in [-0.1, -0.05) is 19.8 Å². The third kappa shape index (κ3) is 2.14. The first-order valence-electron chi connectivity index (χ1n) is 7.20.